The number of hydrogen-bond donors (Lipinski definition) is 2. The van der Waals surface area contributed by atoms with Gasteiger partial charge in [-0.2, -0.15) is 0 Å². The van der Waals surface area contributed by atoms with Gasteiger partial charge in [-0.3, -0.25) is 9.59 Å². The molecule has 120 valence electrons. The fourth-order valence-corrected chi connectivity index (χ4v) is 2.41. The SMILES string of the molecule is Cc1ccc(CNC(=O)CC2COc3ccccc3NC2=O)o1. The number of rotatable bonds is 4. The molecule has 2 amide bonds. The molecule has 3 rings (SSSR count). The van der Waals surface area contributed by atoms with Crippen LogP contribution in [-0.4, -0.2) is 18.4 Å². The minimum absolute atomic E-state index is 0.0690. The summed E-state index contributed by atoms with van der Waals surface area (Å²) in [6.45, 7) is 2.33. The summed E-state index contributed by atoms with van der Waals surface area (Å²) in [4.78, 5) is 24.2. The van der Waals surface area contributed by atoms with Crippen molar-refractivity contribution in [2.24, 2.45) is 5.92 Å². The van der Waals surface area contributed by atoms with Gasteiger partial charge in [0, 0.05) is 6.42 Å². The van der Waals surface area contributed by atoms with Crippen LogP contribution in [0.5, 0.6) is 5.75 Å². The first-order valence-electron chi connectivity index (χ1n) is 7.46. The second-order valence-electron chi connectivity index (χ2n) is 5.49. The Morgan fingerprint density at radius 3 is 2.91 bits per heavy atom. The molecule has 0 saturated carbocycles. The minimum atomic E-state index is -0.527. The lowest BCUT2D eigenvalue weighted by Gasteiger charge is -2.12. The van der Waals surface area contributed by atoms with E-state index in [2.05, 4.69) is 10.6 Å². The fraction of sp³-hybridized carbons (Fsp3) is 0.294. The number of benzene rings is 1. The van der Waals surface area contributed by atoms with Crippen molar-refractivity contribution in [3.05, 3.63) is 47.9 Å². The third-order valence-corrected chi connectivity index (χ3v) is 3.64. The Labute approximate surface area is 133 Å². The number of amides is 2. The molecule has 6 heteroatoms. The molecular weight excluding hydrogens is 296 g/mol. The molecule has 1 atom stereocenters. The molecule has 2 aromatic rings. The Hall–Kier alpha value is -2.76. The minimum Gasteiger partial charge on any atom is -0.491 e. The number of hydrogen-bond acceptors (Lipinski definition) is 4. The number of anilines is 1. The van der Waals surface area contributed by atoms with Crippen LogP contribution < -0.4 is 15.4 Å². The first-order valence-corrected chi connectivity index (χ1v) is 7.46. The van der Waals surface area contributed by atoms with Gasteiger partial charge < -0.3 is 19.8 Å². The van der Waals surface area contributed by atoms with E-state index in [4.69, 9.17) is 9.15 Å². The van der Waals surface area contributed by atoms with E-state index in [9.17, 15) is 9.59 Å². The van der Waals surface area contributed by atoms with Crippen LogP contribution in [0.4, 0.5) is 5.69 Å². The van der Waals surface area contributed by atoms with E-state index in [0.29, 0.717) is 23.7 Å². The first-order chi connectivity index (χ1) is 11.1. The number of aryl methyl sites for hydroxylation is 1. The molecule has 1 unspecified atom stereocenters. The highest BCUT2D eigenvalue weighted by Gasteiger charge is 2.26. The molecule has 0 bridgehead atoms. The Bertz CT molecular complexity index is 723. The molecule has 0 radical (unpaired) electrons. The largest absolute Gasteiger partial charge is 0.491 e. The number of carbonyl (C=O) groups excluding carboxylic acids is 2. The predicted molar refractivity (Wildman–Crippen MR) is 84.0 cm³/mol. The highest BCUT2D eigenvalue weighted by molar-refractivity contribution is 5.97. The maximum Gasteiger partial charge on any atom is 0.231 e. The average molecular weight is 314 g/mol. The molecular formula is C17H18N2O4. The summed E-state index contributed by atoms with van der Waals surface area (Å²) < 4.78 is 11.0. The van der Waals surface area contributed by atoms with Gasteiger partial charge in [-0.05, 0) is 31.2 Å². The Morgan fingerprint density at radius 2 is 2.13 bits per heavy atom. The zero-order valence-electron chi connectivity index (χ0n) is 12.8. The first kappa shape index (κ1) is 15.1. The fourth-order valence-electron chi connectivity index (χ4n) is 2.41. The number of ether oxygens (including phenoxy) is 1. The Balaban J connectivity index is 1.55. The van der Waals surface area contributed by atoms with Gasteiger partial charge in [0.25, 0.3) is 0 Å². The molecule has 2 heterocycles. The van der Waals surface area contributed by atoms with Crippen LogP contribution in [0, 0.1) is 12.8 Å². The summed E-state index contributed by atoms with van der Waals surface area (Å²) in [5.41, 5.74) is 0.631. The molecule has 1 aliphatic rings. The Kier molecular flexibility index (Phi) is 4.32. The number of para-hydroxylation sites is 2. The smallest absolute Gasteiger partial charge is 0.231 e. The number of fused-ring (bicyclic) bond motifs is 1. The van der Waals surface area contributed by atoms with Crippen molar-refractivity contribution in [1.29, 1.82) is 0 Å². The van der Waals surface area contributed by atoms with Crippen molar-refractivity contribution in [2.45, 2.75) is 19.9 Å². The van der Waals surface area contributed by atoms with Gasteiger partial charge >= 0.3 is 0 Å². The van der Waals surface area contributed by atoms with Crippen molar-refractivity contribution in [2.75, 3.05) is 11.9 Å². The molecule has 0 spiro atoms. The molecule has 23 heavy (non-hydrogen) atoms. The second kappa shape index (κ2) is 6.56. The number of furan rings is 1. The summed E-state index contributed by atoms with van der Waals surface area (Å²) in [5.74, 6) is 1.15. The molecule has 1 aliphatic heterocycles. The summed E-state index contributed by atoms with van der Waals surface area (Å²) in [6.07, 6.45) is 0.0690. The third kappa shape index (κ3) is 3.71. The Morgan fingerprint density at radius 1 is 1.30 bits per heavy atom. The zero-order valence-corrected chi connectivity index (χ0v) is 12.8. The van der Waals surface area contributed by atoms with E-state index in [-0.39, 0.29) is 24.8 Å². The van der Waals surface area contributed by atoms with E-state index in [0.717, 1.165) is 5.76 Å². The summed E-state index contributed by atoms with van der Waals surface area (Å²) in [6, 6.07) is 10.9. The van der Waals surface area contributed by atoms with Crippen LogP contribution >= 0.6 is 0 Å². The van der Waals surface area contributed by atoms with Crippen molar-refractivity contribution >= 4 is 17.5 Å². The van der Waals surface area contributed by atoms with Gasteiger partial charge in [-0.1, -0.05) is 12.1 Å². The molecule has 0 fully saturated rings. The summed E-state index contributed by atoms with van der Waals surface area (Å²) >= 11 is 0. The van der Waals surface area contributed by atoms with Crippen LogP contribution in [0.15, 0.2) is 40.8 Å². The van der Waals surface area contributed by atoms with Crippen LogP contribution in [-0.2, 0) is 16.1 Å². The van der Waals surface area contributed by atoms with Gasteiger partial charge in [-0.25, -0.2) is 0 Å². The molecule has 6 nitrogen and oxygen atoms in total. The normalized spacial score (nSPS) is 16.7. The lowest BCUT2D eigenvalue weighted by molar-refractivity contribution is -0.128. The van der Waals surface area contributed by atoms with E-state index in [1.54, 1.807) is 12.1 Å². The predicted octanol–water partition coefficient (Wildman–Crippen LogP) is 2.24. The standard InChI is InChI=1S/C17H18N2O4/c1-11-6-7-13(23-11)9-18-16(20)8-12-10-22-15-5-3-2-4-14(15)19-17(12)21/h2-7,12H,8-10H2,1H3,(H,18,20)(H,19,21). The second-order valence-corrected chi connectivity index (χ2v) is 5.49. The van der Waals surface area contributed by atoms with Gasteiger partial charge in [0.05, 0.1) is 18.2 Å². The van der Waals surface area contributed by atoms with Crippen molar-refractivity contribution in [3.8, 4) is 5.75 Å². The van der Waals surface area contributed by atoms with Gasteiger partial charge in [0.2, 0.25) is 11.8 Å². The molecule has 1 aromatic carbocycles. The average Bonchev–Trinajstić information content (AvgIpc) is 2.89. The van der Waals surface area contributed by atoms with Crippen LogP contribution in [0.3, 0.4) is 0 Å². The maximum atomic E-state index is 12.2. The molecule has 0 aliphatic carbocycles. The van der Waals surface area contributed by atoms with E-state index in [1.807, 2.05) is 31.2 Å². The van der Waals surface area contributed by atoms with Crippen LogP contribution in [0.2, 0.25) is 0 Å². The zero-order chi connectivity index (χ0) is 16.2. The lowest BCUT2D eigenvalue weighted by Crippen LogP contribution is -2.32. The molecule has 2 N–H and O–H groups in total. The van der Waals surface area contributed by atoms with E-state index >= 15 is 0 Å². The third-order valence-electron chi connectivity index (χ3n) is 3.64. The van der Waals surface area contributed by atoms with Crippen molar-refractivity contribution in [1.82, 2.24) is 5.32 Å². The highest BCUT2D eigenvalue weighted by Crippen LogP contribution is 2.28. The van der Waals surface area contributed by atoms with Gasteiger partial charge in [-0.15, -0.1) is 0 Å². The van der Waals surface area contributed by atoms with E-state index < -0.39 is 5.92 Å². The quantitative estimate of drug-likeness (QED) is 0.907. The lowest BCUT2D eigenvalue weighted by atomic mass is 10.1. The molecule has 0 saturated heterocycles. The van der Waals surface area contributed by atoms with Crippen molar-refractivity contribution < 1.29 is 18.7 Å². The van der Waals surface area contributed by atoms with Gasteiger partial charge in [0.15, 0.2) is 0 Å². The number of carbonyl (C=O) groups is 2. The molecule has 1 aromatic heterocycles. The van der Waals surface area contributed by atoms with Crippen molar-refractivity contribution in [3.63, 3.8) is 0 Å². The maximum absolute atomic E-state index is 12.2. The summed E-state index contributed by atoms with van der Waals surface area (Å²) in [5, 5.41) is 5.55. The van der Waals surface area contributed by atoms with Gasteiger partial charge in [0.1, 0.15) is 23.9 Å². The van der Waals surface area contributed by atoms with Crippen LogP contribution in [0.25, 0.3) is 0 Å². The monoisotopic (exact) mass is 314 g/mol. The van der Waals surface area contributed by atoms with Crippen LogP contribution in [0.1, 0.15) is 17.9 Å². The topological polar surface area (TPSA) is 80.6 Å². The number of nitrogens with one attached hydrogen (secondary N) is 2. The van der Waals surface area contributed by atoms with E-state index in [1.165, 1.54) is 0 Å². The highest BCUT2D eigenvalue weighted by atomic mass is 16.5. The summed E-state index contributed by atoms with van der Waals surface area (Å²) in [7, 11) is 0.